The molecule has 1 saturated heterocycles. The van der Waals surface area contributed by atoms with Crippen LogP contribution in [0.1, 0.15) is 12.6 Å². The Kier molecular flexibility index (Phi) is 8.28. The number of β-lactam (4-membered cyclic amide) rings is 1. The van der Waals surface area contributed by atoms with Gasteiger partial charge in [0, 0.05) is 18.1 Å². The van der Waals surface area contributed by atoms with Crippen molar-refractivity contribution in [2.75, 3.05) is 23.9 Å². The lowest BCUT2D eigenvalue weighted by atomic mass is 10.0. The molecular weight excluding hydrogens is 556 g/mol. The van der Waals surface area contributed by atoms with Gasteiger partial charge >= 0.3 is 5.97 Å². The van der Waals surface area contributed by atoms with Crippen molar-refractivity contribution in [2.45, 2.75) is 23.4 Å². The molecule has 2 aromatic rings. The van der Waals surface area contributed by atoms with E-state index in [-0.39, 0.29) is 33.9 Å². The molecule has 2 aliphatic rings. The van der Waals surface area contributed by atoms with Crippen molar-refractivity contribution in [1.29, 1.82) is 0 Å². The Bertz CT molecular complexity index is 1370. The van der Waals surface area contributed by atoms with Gasteiger partial charge in [0.2, 0.25) is 5.91 Å². The van der Waals surface area contributed by atoms with Crippen LogP contribution >= 0.6 is 34.9 Å². The maximum absolute atomic E-state index is 12.9. The minimum atomic E-state index is -1.27. The number of carboxylic acids is 1. The number of aliphatic carboxylic acids is 1. The number of aromatic nitrogens is 3. The fourth-order valence-corrected chi connectivity index (χ4v) is 5.96. The van der Waals surface area contributed by atoms with Gasteiger partial charge in [-0.2, -0.15) is 0 Å². The molecule has 2 unspecified atom stereocenters. The molecule has 198 valence electrons. The Morgan fingerprint density at radius 2 is 2.13 bits per heavy atom. The molecule has 14 nitrogen and oxygen atoms in total. The summed E-state index contributed by atoms with van der Waals surface area (Å²) in [6.45, 7) is 1.36. The van der Waals surface area contributed by atoms with Gasteiger partial charge in [-0.1, -0.05) is 16.9 Å². The number of thioether (sulfide) groups is 2. The summed E-state index contributed by atoms with van der Waals surface area (Å²) in [5, 5.41) is 29.8. The summed E-state index contributed by atoms with van der Waals surface area (Å²) in [4.78, 5) is 58.8. The number of nitrogens with two attached hydrogens (primary N) is 1. The van der Waals surface area contributed by atoms with E-state index in [0.717, 1.165) is 16.2 Å². The van der Waals surface area contributed by atoms with Crippen molar-refractivity contribution < 1.29 is 29.1 Å². The Morgan fingerprint density at radius 3 is 2.74 bits per heavy atom. The molecule has 0 radical (unpaired) electrons. The lowest BCUT2D eigenvalue weighted by Gasteiger charge is -2.49. The summed E-state index contributed by atoms with van der Waals surface area (Å²) in [6.07, 6.45) is 1.59. The van der Waals surface area contributed by atoms with E-state index in [0.29, 0.717) is 16.4 Å². The van der Waals surface area contributed by atoms with Gasteiger partial charge in [-0.15, -0.1) is 33.3 Å². The van der Waals surface area contributed by atoms with Crippen molar-refractivity contribution in [2.24, 2.45) is 5.16 Å². The molecule has 38 heavy (non-hydrogen) atoms. The fraction of sp³-hybridized carbons (Fsp3) is 0.238. The number of thiazole rings is 1. The van der Waals surface area contributed by atoms with Crippen molar-refractivity contribution in [3.05, 3.63) is 46.0 Å². The first kappa shape index (κ1) is 27.1. The minimum Gasteiger partial charge on any atom is -0.477 e. The second kappa shape index (κ2) is 11.6. The summed E-state index contributed by atoms with van der Waals surface area (Å²) in [5.41, 5.74) is 5.93. The average Bonchev–Trinajstić information content (AvgIpc) is 3.31. The van der Waals surface area contributed by atoms with Crippen LogP contribution in [0.3, 0.4) is 0 Å². The molecule has 0 saturated carbocycles. The molecule has 0 aliphatic carbocycles. The molecule has 1 fully saturated rings. The maximum atomic E-state index is 12.9. The number of carboxylic acid groups (broad SMARTS) is 1. The first-order valence-corrected chi connectivity index (χ1v) is 13.5. The summed E-state index contributed by atoms with van der Waals surface area (Å²) >= 11 is 3.61. The quantitative estimate of drug-likeness (QED) is 0.142. The number of carbonyl (C=O) groups is 4. The SMILES string of the molecule is CO/N=C(\C(=O)NC1C(=O)N2C(C(=O)O)=C(/C=C/Sc3ccc(NC(C)=O)nn3)CSC12)c1csc(N)n1. The minimum absolute atomic E-state index is 0.157. The number of fused-ring (bicyclic) bond motifs is 1. The zero-order valence-corrected chi connectivity index (χ0v) is 22.2. The van der Waals surface area contributed by atoms with Crippen LogP contribution < -0.4 is 16.4 Å². The van der Waals surface area contributed by atoms with Crippen LogP contribution in [0.4, 0.5) is 10.9 Å². The van der Waals surface area contributed by atoms with Crippen LogP contribution in [0.2, 0.25) is 0 Å². The number of hydrogen-bond donors (Lipinski definition) is 4. The van der Waals surface area contributed by atoms with Crippen molar-refractivity contribution in [1.82, 2.24) is 25.4 Å². The molecule has 2 aliphatic heterocycles. The van der Waals surface area contributed by atoms with E-state index in [9.17, 15) is 24.3 Å². The monoisotopic (exact) mass is 576 g/mol. The van der Waals surface area contributed by atoms with Gasteiger partial charge in [0.05, 0.1) is 0 Å². The van der Waals surface area contributed by atoms with Gasteiger partial charge < -0.3 is 26.3 Å². The van der Waals surface area contributed by atoms with Crippen LogP contribution in [0, 0.1) is 0 Å². The average molecular weight is 577 g/mol. The Balaban J connectivity index is 1.45. The van der Waals surface area contributed by atoms with Gasteiger partial charge in [-0.05, 0) is 29.2 Å². The van der Waals surface area contributed by atoms with Crippen molar-refractivity contribution in [3.63, 3.8) is 0 Å². The molecule has 0 aromatic carbocycles. The van der Waals surface area contributed by atoms with E-state index in [1.165, 1.54) is 42.9 Å². The third-order valence-electron chi connectivity index (χ3n) is 5.05. The topological polar surface area (TPSA) is 202 Å². The zero-order valence-electron chi connectivity index (χ0n) is 19.8. The summed E-state index contributed by atoms with van der Waals surface area (Å²) in [6, 6.07) is 2.28. The highest BCUT2D eigenvalue weighted by molar-refractivity contribution is 8.02. The number of amides is 3. The van der Waals surface area contributed by atoms with E-state index < -0.39 is 29.2 Å². The molecule has 5 N–H and O–H groups in total. The maximum Gasteiger partial charge on any atom is 0.352 e. The number of nitrogen functional groups attached to an aromatic ring is 1. The van der Waals surface area contributed by atoms with Crippen LogP contribution in [0.15, 0.2) is 50.4 Å². The number of carbonyl (C=O) groups excluding carboxylic acids is 3. The van der Waals surface area contributed by atoms with Crippen molar-refractivity contribution in [3.8, 4) is 0 Å². The summed E-state index contributed by atoms with van der Waals surface area (Å²) < 4.78 is 0. The summed E-state index contributed by atoms with van der Waals surface area (Å²) in [5.74, 6) is -2.21. The van der Waals surface area contributed by atoms with E-state index in [1.54, 1.807) is 23.6 Å². The predicted molar refractivity (Wildman–Crippen MR) is 141 cm³/mol. The normalized spacial score (nSPS) is 19.2. The van der Waals surface area contributed by atoms with Crippen molar-refractivity contribution >= 4 is 75.2 Å². The zero-order chi connectivity index (χ0) is 27.4. The largest absolute Gasteiger partial charge is 0.477 e. The predicted octanol–water partition coefficient (Wildman–Crippen LogP) is 0.869. The molecule has 2 atom stereocenters. The summed E-state index contributed by atoms with van der Waals surface area (Å²) in [7, 11) is 1.26. The number of rotatable bonds is 9. The first-order valence-electron chi connectivity index (χ1n) is 10.7. The molecule has 4 rings (SSSR count). The third-order valence-corrected chi connectivity index (χ3v) is 7.76. The lowest BCUT2D eigenvalue weighted by molar-refractivity contribution is -0.150. The van der Waals surface area contributed by atoms with Gasteiger partial charge in [0.25, 0.3) is 11.8 Å². The Hall–Kier alpha value is -3.96. The molecule has 17 heteroatoms. The molecule has 2 aromatic heterocycles. The van der Waals surface area contributed by atoms with Gasteiger partial charge in [0.15, 0.2) is 16.7 Å². The first-order chi connectivity index (χ1) is 18.2. The highest BCUT2D eigenvalue weighted by Gasteiger charge is 2.54. The Morgan fingerprint density at radius 1 is 1.34 bits per heavy atom. The van der Waals surface area contributed by atoms with Crippen LogP contribution in [0.5, 0.6) is 0 Å². The third kappa shape index (κ3) is 5.79. The number of hydrogen-bond acceptors (Lipinski definition) is 13. The van der Waals surface area contributed by atoms with Gasteiger partial charge in [-0.3, -0.25) is 19.3 Å². The Labute approximate surface area is 227 Å². The number of oxime groups is 1. The smallest absolute Gasteiger partial charge is 0.352 e. The van der Waals surface area contributed by atoms with Gasteiger partial charge in [0.1, 0.15) is 34.9 Å². The van der Waals surface area contributed by atoms with E-state index >= 15 is 0 Å². The molecule has 4 heterocycles. The molecule has 0 bridgehead atoms. The second-order valence-corrected chi connectivity index (χ2v) is 10.5. The van der Waals surface area contributed by atoms with E-state index in [1.807, 2.05) is 0 Å². The highest BCUT2D eigenvalue weighted by Crippen LogP contribution is 2.41. The van der Waals surface area contributed by atoms with E-state index in [2.05, 4.69) is 31.0 Å². The molecule has 0 spiro atoms. The van der Waals surface area contributed by atoms with Crippen LogP contribution in [-0.4, -0.2) is 78.9 Å². The fourth-order valence-electron chi connectivity index (χ4n) is 3.49. The number of anilines is 2. The van der Waals surface area contributed by atoms with Crippen LogP contribution in [-0.2, 0) is 24.0 Å². The lowest BCUT2D eigenvalue weighted by Crippen LogP contribution is -2.71. The number of nitrogens with zero attached hydrogens (tertiary/aromatic N) is 5. The number of allylic oxidation sites excluding steroid dienone is 1. The van der Waals surface area contributed by atoms with Crippen LogP contribution in [0.25, 0.3) is 0 Å². The molecular formula is C21H20N8O6S3. The number of nitrogens with one attached hydrogen (secondary N) is 2. The second-order valence-electron chi connectivity index (χ2n) is 7.59. The highest BCUT2D eigenvalue weighted by atomic mass is 32.2. The van der Waals surface area contributed by atoms with E-state index in [4.69, 9.17) is 10.6 Å². The molecule has 3 amide bonds. The van der Waals surface area contributed by atoms with Gasteiger partial charge in [-0.25, -0.2) is 9.78 Å². The standard InChI is InChI=1S/C21H20N8O6S3/c1-9(30)23-12-3-4-13(27-26-12)36-6-5-10-7-37-19-15(18(32)29(19)16(10)20(33)34)25-17(31)14(28-35-2)11-8-38-21(22)24-11/h3-6,8,15,19H,7H2,1-2H3,(H2,22,24)(H,25,31)(H,33,34)(H,23,26,30)/b6-5+,28-14-.